The predicted molar refractivity (Wildman–Crippen MR) is 94.2 cm³/mol. The van der Waals surface area contributed by atoms with Crippen molar-refractivity contribution in [3.8, 4) is 11.5 Å². The van der Waals surface area contributed by atoms with Crippen LogP contribution in [0, 0.1) is 0 Å². The summed E-state index contributed by atoms with van der Waals surface area (Å²) in [7, 11) is -6.80. The minimum Gasteiger partial charge on any atom is -0.494 e. The molecule has 0 aromatic heterocycles. The van der Waals surface area contributed by atoms with Gasteiger partial charge in [0.2, 0.25) is 0 Å². The Hall–Kier alpha value is -2.74. The first-order valence-corrected chi connectivity index (χ1v) is 9.88. The molecular formula is C14H15N3O8S2. The van der Waals surface area contributed by atoms with E-state index in [9.17, 15) is 21.4 Å². The molecule has 0 atom stereocenters. The summed E-state index contributed by atoms with van der Waals surface area (Å²) in [6.45, 7) is 0. The molecule has 11 nitrogen and oxygen atoms in total. The Kier molecular flexibility index (Phi) is 5.70. The lowest BCUT2D eigenvalue weighted by atomic mass is 10.2. The zero-order valence-corrected chi connectivity index (χ0v) is 15.7. The van der Waals surface area contributed by atoms with E-state index in [1.807, 2.05) is 0 Å². The fraction of sp³-hybridized carbons (Fsp3) is 0.143. The van der Waals surface area contributed by atoms with Crippen molar-refractivity contribution in [3.05, 3.63) is 30.3 Å². The molecule has 4 N–H and O–H groups in total. The minimum absolute atomic E-state index is 0.0979. The van der Waals surface area contributed by atoms with Gasteiger partial charge in [0.15, 0.2) is 16.3 Å². The molecule has 13 heteroatoms. The highest BCUT2D eigenvalue weighted by molar-refractivity contribution is 7.86. The van der Waals surface area contributed by atoms with Crippen molar-refractivity contribution in [2.75, 3.05) is 20.0 Å². The lowest BCUT2D eigenvalue weighted by molar-refractivity contribution is 0.391. The van der Waals surface area contributed by atoms with Crippen LogP contribution in [-0.2, 0) is 20.2 Å². The second-order valence-electron chi connectivity index (χ2n) is 5.02. The number of anilines is 1. The standard InChI is InChI=1S/C14H15N3O8S2/c1-24-11-7-10(15)13(25-2)14(27(21,22)23)12(11)17-16-8-3-5-9(6-4-8)26(18,19)20/h3-7H,15H2,1-2H3,(H,18,19,20)(H,21,22,23)/b17-16+. The Morgan fingerprint density at radius 2 is 1.52 bits per heavy atom. The number of hydrogen-bond donors (Lipinski definition) is 3. The second-order valence-corrected chi connectivity index (χ2v) is 7.80. The third-order valence-corrected chi connectivity index (χ3v) is 5.05. The van der Waals surface area contributed by atoms with Crippen LogP contribution in [0.1, 0.15) is 0 Å². The molecule has 27 heavy (non-hydrogen) atoms. The van der Waals surface area contributed by atoms with Crippen LogP contribution in [0.5, 0.6) is 11.5 Å². The van der Waals surface area contributed by atoms with Gasteiger partial charge in [0.05, 0.1) is 30.5 Å². The number of methoxy groups -OCH3 is 2. The van der Waals surface area contributed by atoms with E-state index in [-0.39, 0.29) is 33.5 Å². The summed E-state index contributed by atoms with van der Waals surface area (Å²) in [4.78, 5) is -1.09. The normalized spacial score (nSPS) is 12.3. The molecule has 0 saturated carbocycles. The predicted octanol–water partition coefficient (Wildman–Crippen LogP) is 2.19. The summed E-state index contributed by atoms with van der Waals surface area (Å²) >= 11 is 0. The van der Waals surface area contributed by atoms with Gasteiger partial charge in [-0.15, -0.1) is 5.11 Å². The fourth-order valence-corrected chi connectivity index (χ4v) is 3.42. The maximum absolute atomic E-state index is 11.8. The molecule has 0 heterocycles. The van der Waals surface area contributed by atoms with Gasteiger partial charge >= 0.3 is 10.1 Å². The first-order chi connectivity index (χ1) is 12.5. The smallest absolute Gasteiger partial charge is 0.300 e. The van der Waals surface area contributed by atoms with E-state index in [0.717, 1.165) is 19.2 Å². The number of azo groups is 1. The number of rotatable bonds is 6. The molecule has 2 rings (SSSR count). The van der Waals surface area contributed by atoms with E-state index in [4.69, 9.17) is 19.8 Å². The molecule has 0 unspecified atom stereocenters. The van der Waals surface area contributed by atoms with Crippen molar-refractivity contribution in [2.45, 2.75) is 9.79 Å². The van der Waals surface area contributed by atoms with Crippen molar-refractivity contribution >= 4 is 37.3 Å². The monoisotopic (exact) mass is 417 g/mol. The molecule has 2 aromatic rings. The molecular weight excluding hydrogens is 402 g/mol. The summed E-state index contributed by atoms with van der Waals surface area (Å²) < 4.78 is 74.1. The van der Waals surface area contributed by atoms with Crippen LogP contribution in [0.25, 0.3) is 0 Å². The van der Waals surface area contributed by atoms with Crippen molar-refractivity contribution in [1.82, 2.24) is 0 Å². The quantitative estimate of drug-likeness (QED) is 0.361. The Morgan fingerprint density at radius 3 is 1.96 bits per heavy atom. The molecule has 0 amide bonds. The average Bonchev–Trinajstić information content (AvgIpc) is 2.58. The Labute approximate surface area is 154 Å². The van der Waals surface area contributed by atoms with Crippen molar-refractivity contribution in [1.29, 1.82) is 0 Å². The molecule has 0 spiro atoms. The summed E-state index contributed by atoms with van der Waals surface area (Å²) in [5.41, 5.74) is 5.35. The maximum atomic E-state index is 11.8. The fourth-order valence-electron chi connectivity index (χ4n) is 2.12. The Morgan fingerprint density at radius 1 is 0.926 bits per heavy atom. The molecule has 0 fully saturated rings. The number of benzene rings is 2. The zero-order chi connectivity index (χ0) is 20.4. The van der Waals surface area contributed by atoms with Gasteiger partial charge in [-0.05, 0) is 24.3 Å². The molecule has 0 aliphatic heterocycles. The summed E-state index contributed by atoms with van der Waals surface area (Å²) in [6.07, 6.45) is 0. The molecule has 0 radical (unpaired) electrons. The van der Waals surface area contributed by atoms with Crippen LogP contribution in [0.4, 0.5) is 17.1 Å². The van der Waals surface area contributed by atoms with E-state index in [2.05, 4.69) is 10.2 Å². The van der Waals surface area contributed by atoms with Crippen molar-refractivity contribution in [3.63, 3.8) is 0 Å². The Balaban J connectivity index is 2.62. The average molecular weight is 417 g/mol. The molecule has 0 aliphatic rings. The van der Waals surface area contributed by atoms with Crippen LogP contribution >= 0.6 is 0 Å². The number of nitrogens with zero attached hydrogens (tertiary/aromatic N) is 2. The topological polar surface area (TPSA) is 178 Å². The lowest BCUT2D eigenvalue weighted by Crippen LogP contribution is -2.06. The molecule has 0 bridgehead atoms. The first kappa shape index (κ1) is 20.6. The highest BCUT2D eigenvalue weighted by Gasteiger charge is 2.28. The summed E-state index contributed by atoms with van der Waals surface area (Å²) in [5, 5.41) is 7.55. The summed E-state index contributed by atoms with van der Waals surface area (Å²) in [5.74, 6) is -0.437. The third-order valence-electron chi connectivity index (χ3n) is 3.29. The van der Waals surface area contributed by atoms with Crippen molar-refractivity contribution < 1.29 is 35.4 Å². The first-order valence-electron chi connectivity index (χ1n) is 7.00. The highest BCUT2D eigenvalue weighted by Crippen LogP contribution is 2.45. The summed E-state index contributed by atoms with van der Waals surface area (Å²) in [6, 6.07) is 5.84. The highest BCUT2D eigenvalue weighted by atomic mass is 32.2. The lowest BCUT2D eigenvalue weighted by Gasteiger charge is -2.14. The van der Waals surface area contributed by atoms with Crippen molar-refractivity contribution in [2.24, 2.45) is 10.2 Å². The van der Waals surface area contributed by atoms with Gasteiger partial charge in [-0.3, -0.25) is 9.11 Å². The largest absolute Gasteiger partial charge is 0.494 e. The number of nitrogen functional groups attached to an aromatic ring is 1. The van der Waals surface area contributed by atoms with Gasteiger partial charge in [0.1, 0.15) is 5.75 Å². The van der Waals surface area contributed by atoms with E-state index < -0.39 is 25.1 Å². The second kappa shape index (κ2) is 7.48. The zero-order valence-electron chi connectivity index (χ0n) is 14.0. The van der Waals surface area contributed by atoms with E-state index >= 15 is 0 Å². The van der Waals surface area contributed by atoms with E-state index in [1.54, 1.807) is 0 Å². The van der Waals surface area contributed by atoms with E-state index in [1.165, 1.54) is 25.3 Å². The minimum atomic E-state index is -4.81. The van der Waals surface area contributed by atoms with Gasteiger partial charge in [-0.2, -0.15) is 21.9 Å². The van der Waals surface area contributed by atoms with Gasteiger partial charge < -0.3 is 15.2 Å². The van der Waals surface area contributed by atoms with Gasteiger partial charge in [-0.25, -0.2) is 0 Å². The van der Waals surface area contributed by atoms with Crippen LogP contribution in [-0.4, -0.2) is 40.2 Å². The maximum Gasteiger partial charge on any atom is 0.300 e. The number of nitrogens with two attached hydrogens (primary N) is 1. The molecule has 0 aliphatic carbocycles. The number of ether oxygens (including phenoxy) is 2. The van der Waals surface area contributed by atoms with Crippen LogP contribution < -0.4 is 15.2 Å². The molecule has 2 aromatic carbocycles. The third kappa shape index (κ3) is 4.51. The SMILES string of the molecule is COc1cc(N)c(OC)c(S(=O)(=O)O)c1/N=N/c1ccc(S(=O)(=O)O)cc1. The molecule has 146 valence electrons. The van der Waals surface area contributed by atoms with Crippen LogP contribution in [0.3, 0.4) is 0 Å². The van der Waals surface area contributed by atoms with Gasteiger partial charge in [0, 0.05) is 6.07 Å². The van der Waals surface area contributed by atoms with Gasteiger partial charge in [0.25, 0.3) is 10.1 Å². The van der Waals surface area contributed by atoms with Crippen LogP contribution in [0.2, 0.25) is 0 Å². The Bertz CT molecular complexity index is 1090. The molecule has 0 saturated heterocycles. The van der Waals surface area contributed by atoms with Gasteiger partial charge in [-0.1, -0.05) is 0 Å². The number of hydrogen-bond acceptors (Lipinski definition) is 9. The van der Waals surface area contributed by atoms with Crippen LogP contribution in [0.15, 0.2) is 50.4 Å². The van der Waals surface area contributed by atoms with E-state index in [0.29, 0.717) is 0 Å².